The fourth-order valence-electron chi connectivity index (χ4n) is 2.84. The highest BCUT2D eigenvalue weighted by Crippen LogP contribution is 2.32. The second-order valence-electron chi connectivity index (χ2n) is 6.70. The van der Waals surface area contributed by atoms with E-state index < -0.39 is 0 Å². The Morgan fingerprint density at radius 3 is 2.66 bits per heavy atom. The van der Waals surface area contributed by atoms with Crippen molar-refractivity contribution in [2.24, 2.45) is 0 Å². The van der Waals surface area contributed by atoms with Crippen molar-refractivity contribution in [3.05, 3.63) is 66.0 Å². The van der Waals surface area contributed by atoms with Gasteiger partial charge in [-0.15, -0.1) is 0 Å². The average Bonchev–Trinajstić information content (AvgIpc) is 3.21. The van der Waals surface area contributed by atoms with Gasteiger partial charge in [-0.3, -0.25) is 4.79 Å². The molecule has 0 unspecified atom stereocenters. The van der Waals surface area contributed by atoms with Gasteiger partial charge in [0.2, 0.25) is 12.7 Å². The number of fused-ring (bicyclic) bond motifs is 1. The quantitative estimate of drug-likeness (QED) is 0.667. The number of ether oxygens (including phenoxy) is 2. The number of carbonyl (C=O) groups is 1. The molecule has 0 atom stereocenters. The maximum atomic E-state index is 12.5. The first-order chi connectivity index (χ1) is 14.1. The van der Waals surface area contributed by atoms with Gasteiger partial charge in [0.1, 0.15) is 5.69 Å². The maximum absolute atomic E-state index is 12.5. The van der Waals surface area contributed by atoms with Crippen LogP contribution in [0.1, 0.15) is 16.1 Å². The number of hydrogen-bond acceptors (Lipinski definition) is 7. The summed E-state index contributed by atoms with van der Waals surface area (Å²) < 4.78 is 10.7. The van der Waals surface area contributed by atoms with Gasteiger partial charge in [-0.05, 0) is 48.0 Å². The van der Waals surface area contributed by atoms with Gasteiger partial charge in [0.15, 0.2) is 11.5 Å². The summed E-state index contributed by atoms with van der Waals surface area (Å²) in [6.07, 6.45) is 1.55. The molecule has 0 saturated carbocycles. The molecule has 1 aliphatic heterocycles. The highest BCUT2D eigenvalue weighted by Gasteiger charge is 2.14. The number of rotatable bonds is 6. The van der Waals surface area contributed by atoms with Crippen LogP contribution in [0.5, 0.6) is 11.5 Å². The van der Waals surface area contributed by atoms with Crippen molar-refractivity contribution >= 4 is 23.2 Å². The summed E-state index contributed by atoms with van der Waals surface area (Å²) >= 11 is 0. The predicted molar refractivity (Wildman–Crippen MR) is 111 cm³/mol. The fourth-order valence-corrected chi connectivity index (χ4v) is 2.84. The Hall–Kier alpha value is -3.81. The SMILES string of the molecule is CN(C)c1ccc(NC(=O)c2ccnc(NCc3ccc4c(c3)OCO4)n2)cc1. The summed E-state index contributed by atoms with van der Waals surface area (Å²) in [6, 6.07) is 14.9. The third-order valence-corrected chi connectivity index (χ3v) is 4.42. The molecular weight excluding hydrogens is 370 g/mol. The Kier molecular flexibility index (Phi) is 5.15. The number of carbonyl (C=O) groups excluding carboxylic acids is 1. The smallest absolute Gasteiger partial charge is 0.274 e. The number of anilines is 3. The molecule has 0 fully saturated rings. The second-order valence-corrected chi connectivity index (χ2v) is 6.70. The summed E-state index contributed by atoms with van der Waals surface area (Å²) in [5, 5.41) is 5.97. The van der Waals surface area contributed by atoms with E-state index in [1.807, 2.05) is 61.5 Å². The molecule has 0 aliphatic carbocycles. The third-order valence-electron chi connectivity index (χ3n) is 4.42. The Bertz CT molecular complexity index is 1020. The van der Waals surface area contributed by atoms with Gasteiger partial charge in [-0.2, -0.15) is 0 Å². The lowest BCUT2D eigenvalue weighted by atomic mass is 10.2. The topological polar surface area (TPSA) is 88.6 Å². The van der Waals surface area contributed by atoms with E-state index in [1.54, 1.807) is 12.3 Å². The monoisotopic (exact) mass is 391 g/mol. The van der Waals surface area contributed by atoms with Crippen molar-refractivity contribution in [3.63, 3.8) is 0 Å². The minimum atomic E-state index is -0.295. The van der Waals surface area contributed by atoms with Gasteiger partial charge in [-0.25, -0.2) is 9.97 Å². The lowest BCUT2D eigenvalue weighted by Gasteiger charge is -2.13. The number of amides is 1. The Morgan fingerprint density at radius 1 is 1.07 bits per heavy atom. The molecule has 0 radical (unpaired) electrons. The fraction of sp³-hybridized carbons (Fsp3) is 0.190. The molecule has 1 amide bonds. The van der Waals surface area contributed by atoms with E-state index >= 15 is 0 Å². The van der Waals surface area contributed by atoms with Crippen LogP contribution in [0.2, 0.25) is 0 Å². The van der Waals surface area contributed by atoms with E-state index in [4.69, 9.17) is 9.47 Å². The first-order valence-electron chi connectivity index (χ1n) is 9.13. The van der Waals surface area contributed by atoms with Crippen LogP contribution >= 0.6 is 0 Å². The summed E-state index contributed by atoms with van der Waals surface area (Å²) in [4.78, 5) is 23.0. The van der Waals surface area contributed by atoms with Crippen LogP contribution in [-0.4, -0.2) is 36.8 Å². The van der Waals surface area contributed by atoms with Crippen LogP contribution in [0.15, 0.2) is 54.7 Å². The lowest BCUT2D eigenvalue weighted by molar-refractivity contribution is 0.102. The van der Waals surface area contributed by atoms with Gasteiger partial charge in [0, 0.05) is 38.2 Å². The Balaban J connectivity index is 1.39. The van der Waals surface area contributed by atoms with Crippen LogP contribution in [-0.2, 0) is 6.54 Å². The number of benzene rings is 2. The van der Waals surface area contributed by atoms with Gasteiger partial charge in [0.25, 0.3) is 5.91 Å². The number of nitrogens with zero attached hydrogens (tertiary/aromatic N) is 3. The normalized spacial score (nSPS) is 11.8. The Morgan fingerprint density at radius 2 is 1.86 bits per heavy atom. The van der Waals surface area contributed by atoms with Crippen LogP contribution in [0.3, 0.4) is 0 Å². The molecule has 8 heteroatoms. The van der Waals surface area contributed by atoms with E-state index in [0.717, 1.165) is 22.7 Å². The minimum absolute atomic E-state index is 0.240. The summed E-state index contributed by atoms with van der Waals surface area (Å²) in [7, 11) is 3.93. The largest absolute Gasteiger partial charge is 0.454 e. The van der Waals surface area contributed by atoms with E-state index in [9.17, 15) is 4.79 Å². The molecule has 2 N–H and O–H groups in total. The zero-order valence-electron chi connectivity index (χ0n) is 16.2. The van der Waals surface area contributed by atoms with Gasteiger partial charge >= 0.3 is 0 Å². The van der Waals surface area contributed by atoms with Crippen molar-refractivity contribution in [1.82, 2.24) is 9.97 Å². The highest BCUT2D eigenvalue weighted by atomic mass is 16.7. The minimum Gasteiger partial charge on any atom is -0.454 e. The van der Waals surface area contributed by atoms with Crippen LogP contribution in [0.25, 0.3) is 0 Å². The third kappa shape index (κ3) is 4.37. The van der Waals surface area contributed by atoms with Gasteiger partial charge < -0.3 is 25.0 Å². The maximum Gasteiger partial charge on any atom is 0.274 e. The molecule has 2 heterocycles. The molecule has 0 bridgehead atoms. The molecule has 1 aromatic heterocycles. The van der Waals surface area contributed by atoms with Crippen LogP contribution < -0.4 is 25.0 Å². The molecule has 4 rings (SSSR count). The summed E-state index contributed by atoms with van der Waals surface area (Å²) in [5.74, 6) is 1.54. The second kappa shape index (κ2) is 8.05. The number of hydrogen-bond donors (Lipinski definition) is 2. The van der Waals surface area contributed by atoms with E-state index in [0.29, 0.717) is 18.2 Å². The predicted octanol–water partition coefficient (Wildman–Crippen LogP) is 3.14. The van der Waals surface area contributed by atoms with E-state index in [1.165, 1.54) is 0 Å². The molecular formula is C21H21N5O3. The lowest BCUT2D eigenvalue weighted by Crippen LogP contribution is -2.15. The summed E-state index contributed by atoms with van der Waals surface area (Å²) in [6.45, 7) is 0.734. The number of aromatic nitrogens is 2. The van der Waals surface area contributed by atoms with Crippen molar-refractivity contribution < 1.29 is 14.3 Å². The van der Waals surface area contributed by atoms with E-state index in [-0.39, 0.29) is 18.4 Å². The molecule has 0 spiro atoms. The van der Waals surface area contributed by atoms with Gasteiger partial charge in [0.05, 0.1) is 0 Å². The zero-order chi connectivity index (χ0) is 20.2. The van der Waals surface area contributed by atoms with Gasteiger partial charge in [-0.1, -0.05) is 6.07 Å². The van der Waals surface area contributed by atoms with Crippen molar-refractivity contribution in [1.29, 1.82) is 0 Å². The Labute approximate surface area is 168 Å². The molecule has 148 valence electrons. The number of nitrogens with one attached hydrogen (secondary N) is 2. The van der Waals surface area contributed by atoms with Crippen LogP contribution in [0.4, 0.5) is 17.3 Å². The molecule has 2 aromatic carbocycles. The van der Waals surface area contributed by atoms with Crippen LogP contribution in [0, 0.1) is 0 Å². The van der Waals surface area contributed by atoms with Crippen molar-refractivity contribution in [2.75, 3.05) is 36.4 Å². The zero-order valence-corrected chi connectivity index (χ0v) is 16.2. The summed E-state index contributed by atoms with van der Waals surface area (Å²) in [5.41, 5.74) is 3.03. The molecule has 29 heavy (non-hydrogen) atoms. The molecule has 1 aliphatic rings. The standard InChI is InChI=1S/C21H21N5O3/c1-26(2)16-6-4-15(5-7-16)24-20(27)17-9-10-22-21(25-17)23-12-14-3-8-18-19(11-14)29-13-28-18/h3-11H,12-13H2,1-2H3,(H,24,27)(H,22,23,25). The first kappa shape index (κ1) is 18.5. The molecule has 3 aromatic rings. The molecule has 8 nitrogen and oxygen atoms in total. The van der Waals surface area contributed by atoms with Crippen molar-refractivity contribution in [3.8, 4) is 11.5 Å². The highest BCUT2D eigenvalue weighted by molar-refractivity contribution is 6.03. The molecule has 0 saturated heterocycles. The van der Waals surface area contributed by atoms with Crippen molar-refractivity contribution in [2.45, 2.75) is 6.54 Å². The van der Waals surface area contributed by atoms with E-state index in [2.05, 4.69) is 20.6 Å². The first-order valence-corrected chi connectivity index (χ1v) is 9.13. The average molecular weight is 391 g/mol.